The van der Waals surface area contributed by atoms with Crippen LogP contribution in [0, 0.1) is 6.92 Å². The first kappa shape index (κ1) is 16.9. The normalized spacial score (nSPS) is 10.4. The number of hydrogen-bond acceptors (Lipinski definition) is 6. The molecule has 1 aromatic heterocycles. The van der Waals surface area contributed by atoms with Gasteiger partial charge >= 0.3 is 0 Å². The monoisotopic (exact) mass is 353 g/mol. The Balaban J connectivity index is 1.77. The van der Waals surface area contributed by atoms with Gasteiger partial charge in [0.25, 0.3) is 0 Å². The first-order chi connectivity index (χ1) is 12.0. The number of rotatable bonds is 5. The van der Waals surface area contributed by atoms with Gasteiger partial charge in [0.2, 0.25) is 5.95 Å². The number of anilines is 4. The zero-order valence-electron chi connectivity index (χ0n) is 13.7. The van der Waals surface area contributed by atoms with Crippen LogP contribution in [0.15, 0.2) is 48.7 Å². The third kappa shape index (κ3) is 4.30. The fourth-order valence-electron chi connectivity index (χ4n) is 2.20. The van der Waals surface area contributed by atoms with Crippen LogP contribution < -0.4 is 10.6 Å². The Bertz CT molecular complexity index is 912. The molecule has 2 N–H and O–H groups in total. The summed E-state index contributed by atoms with van der Waals surface area (Å²) >= 11 is 6.03. The van der Waals surface area contributed by atoms with Crippen LogP contribution in [0.3, 0.4) is 0 Å². The third-order valence-electron chi connectivity index (χ3n) is 3.57. The van der Waals surface area contributed by atoms with E-state index < -0.39 is 0 Å². The molecule has 0 radical (unpaired) electrons. The number of aromatic nitrogens is 3. The number of benzene rings is 2. The van der Waals surface area contributed by atoms with Crippen molar-refractivity contribution in [1.82, 2.24) is 15.2 Å². The SMILES string of the molecule is CC(=O)c1ccc(Nc2nncc(Nc3cc(Cl)ccc3C)n2)cc1. The molecule has 0 saturated heterocycles. The van der Waals surface area contributed by atoms with E-state index in [0.29, 0.717) is 22.4 Å². The minimum absolute atomic E-state index is 0.0209. The second-order valence-corrected chi connectivity index (χ2v) is 5.94. The summed E-state index contributed by atoms with van der Waals surface area (Å²) in [5.41, 5.74) is 3.31. The maximum absolute atomic E-state index is 11.3. The van der Waals surface area contributed by atoms with E-state index >= 15 is 0 Å². The molecule has 0 saturated carbocycles. The van der Waals surface area contributed by atoms with E-state index in [4.69, 9.17) is 11.6 Å². The Morgan fingerprint density at radius 1 is 1.08 bits per heavy atom. The third-order valence-corrected chi connectivity index (χ3v) is 3.80. The summed E-state index contributed by atoms with van der Waals surface area (Å²) in [7, 11) is 0. The number of nitrogens with one attached hydrogen (secondary N) is 2. The maximum Gasteiger partial charge on any atom is 0.249 e. The van der Waals surface area contributed by atoms with Crippen LogP contribution in [0.2, 0.25) is 5.02 Å². The lowest BCUT2D eigenvalue weighted by Gasteiger charge is -2.10. The Kier molecular flexibility index (Phi) is 4.90. The average Bonchev–Trinajstić information content (AvgIpc) is 2.59. The Labute approximate surface area is 150 Å². The van der Waals surface area contributed by atoms with Crippen LogP contribution in [0.25, 0.3) is 0 Å². The van der Waals surface area contributed by atoms with Gasteiger partial charge in [-0.2, -0.15) is 10.1 Å². The van der Waals surface area contributed by atoms with Gasteiger partial charge in [0.05, 0.1) is 6.20 Å². The molecular formula is C18H16ClN5O. The zero-order chi connectivity index (χ0) is 17.8. The van der Waals surface area contributed by atoms with Crippen LogP contribution >= 0.6 is 11.6 Å². The van der Waals surface area contributed by atoms with Crippen molar-refractivity contribution in [3.05, 3.63) is 64.8 Å². The first-order valence-corrected chi connectivity index (χ1v) is 8.00. The van der Waals surface area contributed by atoms with E-state index in [-0.39, 0.29) is 5.78 Å². The van der Waals surface area contributed by atoms with E-state index in [1.807, 2.05) is 25.1 Å². The smallest absolute Gasteiger partial charge is 0.249 e. The van der Waals surface area contributed by atoms with E-state index in [0.717, 1.165) is 16.9 Å². The van der Waals surface area contributed by atoms with E-state index in [1.54, 1.807) is 24.3 Å². The number of ketones is 1. The molecule has 0 unspecified atom stereocenters. The Morgan fingerprint density at radius 2 is 1.84 bits per heavy atom. The topological polar surface area (TPSA) is 79.8 Å². The van der Waals surface area contributed by atoms with E-state index in [1.165, 1.54) is 13.1 Å². The van der Waals surface area contributed by atoms with Crippen LogP contribution in [0.4, 0.5) is 23.1 Å². The molecule has 1 heterocycles. The summed E-state index contributed by atoms with van der Waals surface area (Å²) in [6, 6.07) is 12.7. The summed E-state index contributed by atoms with van der Waals surface area (Å²) in [4.78, 5) is 15.7. The number of carbonyl (C=O) groups excluding carboxylic acids is 1. The highest BCUT2D eigenvalue weighted by atomic mass is 35.5. The summed E-state index contributed by atoms with van der Waals surface area (Å²) < 4.78 is 0. The number of aryl methyl sites for hydroxylation is 1. The number of Topliss-reactive ketones (excluding diaryl/α,β-unsaturated/α-hetero) is 1. The minimum Gasteiger partial charge on any atom is -0.339 e. The quantitative estimate of drug-likeness (QED) is 0.656. The predicted octanol–water partition coefficient (Wildman–Crippen LogP) is 4.52. The maximum atomic E-state index is 11.3. The van der Waals surface area contributed by atoms with Crippen molar-refractivity contribution in [1.29, 1.82) is 0 Å². The molecule has 0 spiro atoms. The molecule has 0 amide bonds. The summed E-state index contributed by atoms with van der Waals surface area (Å²) in [5.74, 6) is 0.913. The van der Waals surface area contributed by atoms with Gasteiger partial charge in [-0.3, -0.25) is 4.79 Å². The van der Waals surface area contributed by atoms with Crippen molar-refractivity contribution < 1.29 is 4.79 Å². The minimum atomic E-state index is 0.0209. The highest BCUT2D eigenvalue weighted by molar-refractivity contribution is 6.30. The van der Waals surface area contributed by atoms with Crippen LogP contribution in [-0.4, -0.2) is 21.0 Å². The molecule has 3 rings (SSSR count). The highest BCUT2D eigenvalue weighted by Gasteiger charge is 2.05. The molecule has 0 aliphatic heterocycles. The second kappa shape index (κ2) is 7.27. The summed E-state index contributed by atoms with van der Waals surface area (Å²) in [6.07, 6.45) is 1.53. The predicted molar refractivity (Wildman–Crippen MR) is 99.0 cm³/mol. The molecule has 0 atom stereocenters. The fourth-order valence-corrected chi connectivity index (χ4v) is 2.37. The first-order valence-electron chi connectivity index (χ1n) is 7.62. The van der Waals surface area contributed by atoms with Gasteiger partial charge in [-0.1, -0.05) is 17.7 Å². The molecule has 25 heavy (non-hydrogen) atoms. The van der Waals surface area contributed by atoms with Gasteiger partial charge in [-0.25, -0.2) is 0 Å². The molecule has 0 bridgehead atoms. The average molecular weight is 354 g/mol. The molecule has 0 fully saturated rings. The molecule has 126 valence electrons. The molecular weight excluding hydrogens is 338 g/mol. The van der Waals surface area contributed by atoms with Gasteiger partial charge in [0.1, 0.15) is 0 Å². The molecule has 7 heteroatoms. The van der Waals surface area contributed by atoms with Crippen molar-refractivity contribution in [2.24, 2.45) is 0 Å². The number of halogens is 1. The number of nitrogens with zero attached hydrogens (tertiary/aromatic N) is 3. The largest absolute Gasteiger partial charge is 0.339 e. The van der Waals surface area contributed by atoms with Crippen molar-refractivity contribution in [3.63, 3.8) is 0 Å². The lowest BCUT2D eigenvalue weighted by atomic mass is 10.1. The van der Waals surface area contributed by atoms with E-state index in [2.05, 4.69) is 25.8 Å². The van der Waals surface area contributed by atoms with Gasteiger partial charge in [-0.15, -0.1) is 5.10 Å². The Morgan fingerprint density at radius 3 is 2.56 bits per heavy atom. The highest BCUT2D eigenvalue weighted by Crippen LogP contribution is 2.23. The molecule has 6 nitrogen and oxygen atoms in total. The van der Waals surface area contributed by atoms with Crippen LogP contribution in [-0.2, 0) is 0 Å². The van der Waals surface area contributed by atoms with E-state index in [9.17, 15) is 4.79 Å². The van der Waals surface area contributed by atoms with Gasteiger partial charge in [0, 0.05) is 22.0 Å². The second-order valence-electron chi connectivity index (χ2n) is 5.51. The summed E-state index contributed by atoms with van der Waals surface area (Å²) in [5, 5.41) is 14.8. The van der Waals surface area contributed by atoms with Crippen molar-refractivity contribution in [2.45, 2.75) is 13.8 Å². The Hall–Kier alpha value is -2.99. The lowest BCUT2D eigenvalue weighted by molar-refractivity contribution is 0.101. The van der Waals surface area contributed by atoms with Gasteiger partial charge < -0.3 is 10.6 Å². The molecule has 0 aliphatic carbocycles. The molecule has 0 aliphatic rings. The zero-order valence-corrected chi connectivity index (χ0v) is 14.5. The number of hydrogen-bond donors (Lipinski definition) is 2. The van der Waals surface area contributed by atoms with Gasteiger partial charge in [-0.05, 0) is 55.8 Å². The van der Waals surface area contributed by atoms with Crippen molar-refractivity contribution >= 4 is 40.5 Å². The lowest BCUT2D eigenvalue weighted by Crippen LogP contribution is -2.03. The number of carbonyl (C=O) groups is 1. The van der Waals surface area contributed by atoms with Crippen LogP contribution in [0.5, 0.6) is 0 Å². The molecule has 3 aromatic rings. The van der Waals surface area contributed by atoms with Crippen molar-refractivity contribution in [3.8, 4) is 0 Å². The summed E-state index contributed by atoms with van der Waals surface area (Å²) in [6.45, 7) is 3.51. The molecule has 2 aromatic carbocycles. The van der Waals surface area contributed by atoms with Gasteiger partial charge in [0.15, 0.2) is 11.6 Å². The van der Waals surface area contributed by atoms with Crippen LogP contribution in [0.1, 0.15) is 22.8 Å². The fraction of sp³-hybridized carbons (Fsp3) is 0.111. The van der Waals surface area contributed by atoms with Crippen molar-refractivity contribution in [2.75, 3.05) is 10.6 Å². The standard InChI is InChI=1S/C18H16ClN5O/c1-11-3-6-14(19)9-16(11)22-17-10-20-24-18(23-17)21-15-7-4-13(5-8-15)12(2)25/h3-10H,1-2H3,(H2,21,22,23,24).